The lowest BCUT2D eigenvalue weighted by Crippen LogP contribution is -2.10. The van der Waals surface area contributed by atoms with Crippen LogP contribution in [0.15, 0.2) is 72.8 Å². The van der Waals surface area contributed by atoms with Crippen molar-refractivity contribution in [1.82, 2.24) is 9.55 Å². The molecular formula is C24H24N2O2. The lowest BCUT2D eigenvalue weighted by Gasteiger charge is -2.13. The molecule has 142 valence electrons. The number of rotatable bonds is 7. The average Bonchev–Trinajstić information content (AvgIpc) is 3.09. The predicted molar refractivity (Wildman–Crippen MR) is 113 cm³/mol. The molecule has 0 unspecified atom stereocenters. The van der Waals surface area contributed by atoms with Crippen LogP contribution in [-0.2, 0) is 6.54 Å². The van der Waals surface area contributed by atoms with E-state index >= 15 is 0 Å². The van der Waals surface area contributed by atoms with Gasteiger partial charge in [-0.1, -0.05) is 54.1 Å². The van der Waals surface area contributed by atoms with Crippen molar-refractivity contribution in [3.05, 3.63) is 78.4 Å². The number of aryl methyl sites for hydroxylation is 1. The standard InChI is InChI=1S/C24H24N2O2/c1-3-27-22-10-6-7-11-23(22)28-17-16-26-21-9-5-4-8-20(21)25-24(26)19-14-12-18(2)13-15-19/h4-15H,3,16-17H2,1-2H3. The van der Waals surface area contributed by atoms with Gasteiger partial charge in [0, 0.05) is 5.56 Å². The first-order valence-corrected chi connectivity index (χ1v) is 9.63. The Labute approximate surface area is 165 Å². The van der Waals surface area contributed by atoms with Gasteiger partial charge >= 0.3 is 0 Å². The summed E-state index contributed by atoms with van der Waals surface area (Å²) in [5.41, 5.74) is 4.45. The molecule has 28 heavy (non-hydrogen) atoms. The molecule has 4 aromatic rings. The van der Waals surface area contributed by atoms with Crippen LogP contribution in [0, 0.1) is 6.92 Å². The van der Waals surface area contributed by atoms with E-state index in [0.717, 1.165) is 33.9 Å². The SMILES string of the molecule is CCOc1ccccc1OCCn1c(-c2ccc(C)cc2)nc2ccccc21. The van der Waals surface area contributed by atoms with Crippen molar-refractivity contribution in [2.45, 2.75) is 20.4 Å². The van der Waals surface area contributed by atoms with Gasteiger partial charge in [0.1, 0.15) is 12.4 Å². The zero-order valence-electron chi connectivity index (χ0n) is 16.3. The highest BCUT2D eigenvalue weighted by Crippen LogP contribution is 2.28. The Balaban J connectivity index is 1.61. The summed E-state index contributed by atoms with van der Waals surface area (Å²) in [4.78, 5) is 4.87. The topological polar surface area (TPSA) is 36.3 Å². The zero-order chi connectivity index (χ0) is 19.3. The van der Waals surface area contributed by atoms with Crippen molar-refractivity contribution in [2.24, 2.45) is 0 Å². The van der Waals surface area contributed by atoms with Gasteiger partial charge in [-0.15, -0.1) is 0 Å². The Kier molecular flexibility index (Phi) is 5.29. The summed E-state index contributed by atoms with van der Waals surface area (Å²) >= 11 is 0. The van der Waals surface area contributed by atoms with Gasteiger partial charge in [-0.3, -0.25) is 0 Å². The van der Waals surface area contributed by atoms with Crippen LogP contribution in [0.3, 0.4) is 0 Å². The van der Waals surface area contributed by atoms with E-state index in [4.69, 9.17) is 14.5 Å². The number of nitrogens with zero attached hydrogens (tertiary/aromatic N) is 2. The molecule has 0 bridgehead atoms. The van der Waals surface area contributed by atoms with Crippen LogP contribution in [0.4, 0.5) is 0 Å². The maximum absolute atomic E-state index is 6.05. The molecule has 4 rings (SSSR count). The van der Waals surface area contributed by atoms with Crippen LogP contribution in [-0.4, -0.2) is 22.8 Å². The lowest BCUT2D eigenvalue weighted by atomic mass is 10.1. The van der Waals surface area contributed by atoms with Crippen molar-refractivity contribution in [3.63, 3.8) is 0 Å². The first-order chi connectivity index (χ1) is 13.8. The Morgan fingerprint density at radius 2 is 1.50 bits per heavy atom. The molecule has 0 saturated heterocycles. The van der Waals surface area contributed by atoms with Crippen molar-refractivity contribution < 1.29 is 9.47 Å². The van der Waals surface area contributed by atoms with Crippen LogP contribution in [0.25, 0.3) is 22.4 Å². The van der Waals surface area contributed by atoms with E-state index in [2.05, 4.69) is 47.9 Å². The molecule has 0 radical (unpaired) electrons. The molecule has 0 aliphatic heterocycles. The van der Waals surface area contributed by atoms with Gasteiger partial charge in [0.05, 0.1) is 24.2 Å². The maximum Gasteiger partial charge on any atom is 0.161 e. The summed E-state index contributed by atoms with van der Waals surface area (Å²) in [6.45, 7) is 5.91. The maximum atomic E-state index is 6.05. The summed E-state index contributed by atoms with van der Waals surface area (Å²) in [5, 5.41) is 0. The number of imidazole rings is 1. The van der Waals surface area contributed by atoms with Gasteiger partial charge in [-0.2, -0.15) is 0 Å². The van der Waals surface area contributed by atoms with Crippen LogP contribution in [0.1, 0.15) is 12.5 Å². The average molecular weight is 372 g/mol. The van der Waals surface area contributed by atoms with E-state index in [1.165, 1.54) is 5.56 Å². The molecule has 0 saturated carbocycles. The number of fused-ring (bicyclic) bond motifs is 1. The van der Waals surface area contributed by atoms with Crippen LogP contribution >= 0.6 is 0 Å². The minimum atomic E-state index is 0.531. The van der Waals surface area contributed by atoms with Crippen molar-refractivity contribution in [3.8, 4) is 22.9 Å². The molecule has 1 aromatic heterocycles. The predicted octanol–water partition coefficient (Wildman–Crippen LogP) is 5.49. The fraction of sp³-hybridized carbons (Fsp3) is 0.208. The normalized spacial score (nSPS) is 10.9. The molecule has 0 atom stereocenters. The lowest BCUT2D eigenvalue weighted by molar-refractivity contribution is 0.268. The highest BCUT2D eigenvalue weighted by Gasteiger charge is 2.13. The van der Waals surface area contributed by atoms with Crippen molar-refractivity contribution >= 4 is 11.0 Å². The molecule has 0 spiro atoms. The van der Waals surface area contributed by atoms with E-state index in [0.29, 0.717) is 19.8 Å². The smallest absolute Gasteiger partial charge is 0.161 e. The van der Waals surface area contributed by atoms with E-state index < -0.39 is 0 Å². The van der Waals surface area contributed by atoms with Crippen LogP contribution in [0.2, 0.25) is 0 Å². The van der Waals surface area contributed by atoms with E-state index in [1.54, 1.807) is 0 Å². The Morgan fingerprint density at radius 3 is 2.25 bits per heavy atom. The van der Waals surface area contributed by atoms with Gasteiger partial charge in [0.2, 0.25) is 0 Å². The molecule has 1 heterocycles. The Bertz CT molecular complexity index is 1070. The van der Waals surface area contributed by atoms with Gasteiger partial charge in [-0.25, -0.2) is 4.98 Å². The molecule has 0 amide bonds. The van der Waals surface area contributed by atoms with E-state index in [9.17, 15) is 0 Å². The fourth-order valence-electron chi connectivity index (χ4n) is 3.32. The highest BCUT2D eigenvalue weighted by molar-refractivity contribution is 5.80. The summed E-state index contributed by atoms with van der Waals surface area (Å²) in [6.07, 6.45) is 0. The highest BCUT2D eigenvalue weighted by atomic mass is 16.5. The molecule has 4 nitrogen and oxygen atoms in total. The molecule has 0 aliphatic rings. The third kappa shape index (κ3) is 3.72. The second-order valence-corrected chi connectivity index (χ2v) is 6.67. The number of benzene rings is 3. The zero-order valence-corrected chi connectivity index (χ0v) is 16.3. The molecule has 4 heteroatoms. The second-order valence-electron chi connectivity index (χ2n) is 6.67. The number of aromatic nitrogens is 2. The van der Waals surface area contributed by atoms with Crippen LogP contribution < -0.4 is 9.47 Å². The van der Waals surface area contributed by atoms with Crippen molar-refractivity contribution in [1.29, 1.82) is 0 Å². The number of ether oxygens (including phenoxy) is 2. The minimum absolute atomic E-state index is 0.531. The van der Waals surface area contributed by atoms with Crippen LogP contribution in [0.5, 0.6) is 11.5 Å². The Hall–Kier alpha value is -3.27. The van der Waals surface area contributed by atoms with Gasteiger partial charge in [0.25, 0.3) is 0 Å². The molecule has 0 fully saturated rings. The largest absolute Gasteiger partial charge is 0.490 e. The van der Waals surface area contributed by atoms with Crippen molar-refractivity contribution in [2.75, 3.05) is 13.2 Å². The molecule has 3 aromatic carbocycles. The molecular weight excluding hydrogens is 348 g/mol. The molecule has 0 N–H and O–H groups in total. The minimum Gasteiger partial charge on any atom is -0.490 e. The number of para-hydroxylation sites is 4. The van der Waals surface area contributed by atoms with Gasteiger partial charge < -0.3 is 14.0 Å². The Morgan fingerprint density at radius 1 is 0.821 bits per heavy atom. The van der Waals surface area contributed by atoms with Gasteiger partial charge in [0.15, 0.2) is 11.5 Å². The monoisotopic (exact) mass is 372 g/mol. The third-order valence-corrected chi connectivity index (χ3v) is 4.69. The summed E-state index contributed by atoms with van der Waals surface area (Å²) in [6, 6.07) is 24.5. The second kappa shape index (κ2) is 8.17. The first kappa shape index (κ1) is 18.1. The first-order valence-electron chi connectivity index (χ1n) is 9.63. The summed E-state index contributed by atoms with van der Waals surface area (Å²) in [7, 11) is 0. The summed E-state index contributed by atoms with van der Waals surface area (Å²) in [5.74, 6) is 2.51. The summed E-state index contributed by atoms with van der Waals surface area (Å²) < 4.78 is 13.9. The molecule has 0 aliphatic carbocycles. The number of hydrogen-bond donors (Lipinski definition) is 0. The van der Waals surface area contributed by atoms with Gasteiger partial charge in [-0.05, 0) is 38.1 Å². The van der Waals surface area contributed by atoms with E-state index in [1.807, 2.05) is 43.3 Å². The third-order valence-electron chi connectivity index (χ3n) is 4.69. The quantitative estimate of drug-likeness (QED) is 0.430. The fourth-order valence-corrected chi connectivity index (χ4v) is 3.32. The number of hydrogen-bond acceptors (Lipinski definition) is 3. The van der Waals surface area contributed by atoms with E-state index in [-0.39, 0.29) is 0 Å².